The number of fused-ring (bicyclic) bond motifs is 1. The molecule has 0 spiro atoms. The quantitative estimate of drug-likeness (QED) is 0.631. The molecule has 0 aliphatic heterocycles. The predicted octanol–water partition coefficient (Wildman–Crippen LogP) is 4.80. The summed E-state index contributed by atoms with van der Waals surface area (Å²) in [6.45, 7) is 2.22. The number of benzene rings is 3. The van der Waals surface area contributed by atoms with Gasteiger partial charge in [-0.3, -0.25) is 9.59 Å². The normalized spacial score (nSPS) is 18.2. The van der Waals surface area contributed by atoms with E-state index in [0.29, 0.717) is 5.56 Å². The number of carbonyl (C=O) groups excluding carboxylic acids is 2. The molecule has 2 atom stereocenters. The molecule has 0 saturated carbocycles. The highest BCUT2D eigenvalue weighted by molar-refractivity contribution is 6.10. The molecule has 3 aromatic rings. The Morgan fingerprint density at radius 1 is 0.889 bits per heavy atom. The lowest BCUT2D eigenvalue weighted by Gasteiger charge is -2.18. The van der Waals surface area contributed by atoms with Crippen molar-refractivity contribution in [3.8, 4) is 0 Å². The first-order chi connectivity index (χ1) is 13.1. The number of aryl methyl sites for hydroxylation is 1. The van der Waals surface area contributed by atoms with E-state index in [1.165, 1.54) is 0 Å². The SMILES string of the molecule is Cc1ccc(COC(=O)C2c3ccccc3C(=O)C2c2ccccc2)cc1. The summed E-state index contributed by atoms with van der Waals surface area (Å²) in [5.74, 6) is -1.52. The van der Waals surface area contributed by atoms with Crippen molar-refractivity contribution >= 4 is 11.8 Å². The van der Waals surface area contributed by atoms with Gasteiger partial charge < -0.3 is 4.74 Å². The van der Waals surface area contributed by atoms with Crippen molar-refractivity contribution in [2.45, 2.75) is 25.4 Å². The van der Waals surface area contributed by atoms with E-state index in [1.54, 1.807) is 6.07 Å². The summed E-state index contributed by atoms with van der Waals surface area (Å²) < 4.78 is 5.62. The van der Waals surface area contributed by atoms with Crippen molar-refractivity contribution in [2.75, 3.05) is 0 Å². The monoisotopic (exact) mass is 356 g/mol. The molecule has 134 valence electrons. The molecule has 0 fully saturated rings. The molecule has 1 aliphatic rings. The lowest BCUT2D eigenvalue weighted by atomic mass is 9.86. The van der Waals surface area contributed by atoms with Crippen molar-refractivity contribution in [1.82, 2.24) is 0 Å². The first-order valence-electron chi connectivity index (χ1n) is 9.05. The molecule has 0 heterocycles. The maximum absolute atomic E-state index is 13.0. The number of hydrogen-bond donors (Lipinski definition) is 0. The molecule has 1 aliphatic carbocycles. The molecule has 2 unspecified atom stereocenters. The Kier molecular flexibility index (Phi) is 4.59. The van der Waals surface area contributed by atoms with Gasteiger partial charge in [-0.2, -0.15) is 0 Å². The highest BCUT2D eigenvalue weighted by Crippen LogP contribution is 2.44. The number of ether oxygens (including phenoxy) is 1. The van der Waals surface area contributed by atoms with Gasteiger partial charge in [-0.15, -0.1) is 0 Å². The van der Waals surface area contributed by atoms with Crippen molar-refractivity contribution in [3.63, 3.8) is 0 Å². The van der Waals surface area contributed by atoms with Gasteiger partial charge >= 0.3 is 5.97 Å². The summed E-state index contributed by atoms with van der Waals surface area (Å²) in [5.41, 5.74) is 4.30. The van der Waals surface area contributed by atoms with Crippen molar-refractivity contribution in [2.24, 2.45) is 0 Å². The van der Waals surface area contributed by atoms with Crippen LogP contribution in [0, 0.1) is 6.92 Å². The fourth-order valence-electron chi connectivity index (χ4n) is 3.69. The van der Waals surface area contributed by atoms with E-state index in [9.17, 15) is 9.59 Å². The largest absolute Gasteiger partial charge is 0.460 e. The van der Waals surface area contributed by atoms with E-state index in [2.05, 4.69) is 0 Å². The summed E-state index contributed by atoms with van der Waals surface area (Å²) in [6, 6.07) is 24.7. The van der Waals surface area contributed by atoms with Gasteiger partial charge in [-0.1, -0.05) is 84.4 Å². The molecule has 3 heteroatoms. The molecule has 0 bridgehead atoms. The average Bonchev–Trinajstić information content (AvgIpc) is 3.01. The molecular weight excluding hydrogens is 336 g/mol. The Balaban J connectivity index is 1.63. The van der Waals surface area contributed by atoms with Crippen LogP contribution in [0.3, 0.4) is 0 Å². The summed E-state index contributed by atoms with van der Waals surface area (Å²) in [7, 11) is 0. The van der Waals surface area contributed by atoms with Crippen LogP contribution >= 0.6 is 0 Å². The van der Waals surface area contributed by atoms with Crippen molar-refractivity contribution < 1.29 is 14.3 Å². The van der Waals surface area contributed by atoms with Crippen LogP contribution < -0.4 is 0 Å². The zero-order chi connectivity index (χ0) is 18.8. The van der Waals surface area contributed by atoms with Gasteiger partial charge in [0.25, 0.3) is 0 Å². The average molecular weight is 356 g/mol. The van der Waals surface area contributed by atoms with E-state index in [-0.39, 0.29) is 18.4 Å². The smallest absolute Gasteiger partial charge is 0.314 e. The highest BCUT2D eigenvalue weighted by Gasteiger charge is 2.45. The zero-order valence-electron chi connectivity index (χ0n) is 15.1. The number of hydrogen-bond acceptors (Lipinski definition) is 3. The third-order valence-electron chi connectivity index (χ3n) is 5.09. The summed E-state index contributed by atoms with van der Waals surface area (Å²) in [4.78, 5) is 26.0. The van der Waals surface area contributed by atoms with Gasteiger partial charge in [-0.05, 0) is 23.6 Å². The van der Waals surface area contributed by atoms with Crippen molar-refractivity contribution in [3.05, 3.63) is 107 Å². The van der Waals surface area contributed by atoms with Gasteiger partial charge in [0, 0.05) is 5.56 Å². The second kappa shape index (κ2) is 7.20. The Morgan fingerprint density at radius 3 is 2.30 bits per heavy atom. The summed E-state index contributed by atoms with van der Waals surface area (Å²) in [6.07, 6.45) is 0. The van der Waals surface area contributed by atoms with E-state index < -0.39 is 11.8 Å². The van der Waals surface area contributed by atoms with Crippen LogP contribution in [0.4, 0.5) is 0 Å². The van der Waals surface area contributed by atoms with E-state index >= 15 is 0 Å². The van der Waals surface area contributed by atoms with Crippen LogP contribution in [0.1, 0.15) is 44.4 Å². The van der Waals surface area contributed by atoms with E-state index in [0.717, 1.165) is 22.3 Å². The lowest BCUT2D eigenvalue weighted by Crippen LogP contribution is -2.21. The van der Waals surface area contributed by atoms with Crippen LogP contribution in [0.5, 0.6) is 0 Å². The van der Waals surface area contributed by atoms with E-state index in [1.807, 2.05) is 79.7 Å². The number of Topliss-reactive ketones (excluding diaryl/α,β-unsaturated/α-hetero) is 1. The van der Waals surface area contributed by atoms with Gasteiger partial charge in [0.15, 0.2) is 5.78 Å². The molecule has 0 N–H and O–H groups in total. The Hall–Kier alpha value is -3.20. The van der Waals surface area contributed by atoms with Gasteiger partial charge in [0.05, 0.1) is 11.8 Å². The molecule has 0 amide bonds. The van der Waals surface area contributed by atoms with Crippen LogP contribution in [0.2, 0.25) is 0 Å². The molecule has 4 rings (SSSR count). The Morgan fingerprint density at radius 2 is 1.56 bits per heavy atom. The third kappa shape index (κ3) is 3.28. The lowest BCUT2D eigenvalue weighted by molar-refractivity contribution is -0.147. The number of ketones is 1. The second-order valence-corrected chi connectivity index (χ2v) is 6.91. The van der Waals surface area contributed by atoms with E-state index in [4.69, 9.17) is 4.74 Å². The minimum absolute atomic E-state index is 0.0194. The Labute approximate surface area is 158 Å². The minimum atomic E-state index is -0.610. The van der Waals surface area contributed by atoms with Gasteiger partial charge in [0.2, 0.25) is 0 Å². The standard InChI is InChI=1S/C24H20O3/c1-16-11-13-17(14-12-16)15-27-24(26)22-19-9-5-6-10-20(19)23(25)21(22)18-7-3-2-4-8-18/h2-14,21-22H,15H2,1H3. The fraction of sp³-hybridized carbons (Fsp3) is 0.167. The highest BCUT2D eigenvalue weighted by atomic mass is 16.5. The molecule has 0 saturated heterocycles. The maximum atomic E-state index is 13.0. The van der Waals surface area contributed by atoms with Gasteiger partial charge in [0.1, 0.15) is 6.61 Å². The minimum Gasteiger partial charge on any atom is -0.460 e. The third-order valence-corrected chi connectivity index (χ3v) is 5.09. The first-order valence-corrected chi connectivity index (χ1v) is 9.05. The molecule has 3 nitrogen and oxygen atoms in total. The molecule has 0 aromatic heterocycles. The first kappa shape index (κ1) is 17.2. The maximum Gasteiger partial charge on any atom is 0.314 e. The van der Waals surface area contributed by atoms with Crippen LogP contribution in [0.15, 0.2) is 78.9 Å². The molecule has 27 heavy (non-hydrogen) atoms. The molecular formula is C24H20O3. The fourth-order valence-corrected chi connectivity index (χ4v) is 3.69. The summed E-state index contributed by atoms with van der Waals surface area (Å²) >= 11 is 0. The number of esters is 1. The number of carbonyl (C=O) groups is 2. The van der Waals surface area contributed by atoms with Crippen LogP contribution in [0.25, 0.3) is 0 Å². The van der Waals surface area contributed by atoms with Crippen LogP contribution in [-0.2, 0) is 16.1 Å². The topological polar surface area (TPSA) is 43.4 Å². The van der Waals surface area contributed by atoms with Crippen molar-refractivity contribution in [1.29, 1.82) is 0 Å². The molecule has 3 aromatic carbocycles. The number of rotatable bonds is 4. The molecule has 0 radical (unpaired) electrons. The predicted molar refractivity (Wildman–Crippen MR) is 104 cm³/mol. The van der Waals surface area contributed by atoms with Crippen LogP contribution in [-0.4, -0.2) is 11.8 Å². The van der Waals surface area contributed by atoms with Gasteiger partial charge in [-0.25, -0.2) is 0 Å². The summed E-state index contributed by atoms with van der Waals surface area (Å²) in [5, 5.41) is 0. The zero-order valence-corrected chi connectivity index (χ0v) is 15.1. The second-order valence-electron chi connectivity index (χ2n) is 6.91. The Bertz CT molecular complexity index is 974.